The molecule has 14 heavy (non-hydrogen) atoms. The van der Waals surface area contributed by atoms with E-state index in [0.717, 1.165) is 11.7 Å². The number of nitrogens with zero attached hydrogens (tertiary/aromatic N) is 2. The van der Waals surface area contributed by atoms with Crippen LogP contribution in [-0.2, 0) is 7.05 Å². The molecule has 0 saturated heterocycles. The van der Waals surface area contributed by atoms with Crippen molar-refractivity contribution in [3.8, 4) is 0 Å². The molecule has 2 rings (SSSR count). The highest BCUT2D eigenvalue weighted by Crippen LogP contribution is 2.34. The van der Waals surface area contributed by atoms with Gasteiger partial charge in [0, 0.05) is 13.0 Å². The van der Waals surface area contributed by atoms with Crippen molar-refractivity contribution in [2.24, 2.45) is 13.0 Å². The third-order valence-corrected chi connectivity index (χ3v) is 3.47. The monoisotopic (exact) mass is 211 g/mol. The summed E-state index contributed by atoms with van der Waals surface area (Å²) in [5, 5.41) is 3.24. The van der Waals surface area contributed by atoms with Gasteiger partial charge in [-0.25, -0.2) is 4.98 Å². The quantitative estimate of drug-likeness (QED) is 0.725. The van der Waals surface area contributed by atoms with E-state index in [4.69, 9.17) is 12.2 Å². The lowest BCUT2D eigenvalue weighted by Gasteiger charge is -2.24. The van der Waals surface area contributed by atoms with Crippen molar-refractivity contribution in [1.29, 1.82) is 0 Å². The fraction of sp³-hybridized carbons (Fsp3) is 0.800. The summed E-state index contributed by atoms with van der Waals surface area (Å²) in [5.41, 5.74) is 0. The maximum atomic E-state index is 5.09. The number of hydrogen-bond acceptors (Lipinski definition) is 2. The topological polar surface area (TPSA) is 33.6 Å². The van der Waals surface area contributed by atoms with Gasteiger partial charge in [-0.05, 0) is 31.0 Å². The second kappa shape index (κ2) is 3.85. The van der Waals surface area contributed by atoms with E-state index >= 15 is 0 Å². The molecule has 2 atom stereocenters. The van der Waals surface area contributed by atoms with E-state index in [1.54, 1.807) is 0 Å². The second-order valence-corrected chi connectivity index (χ2v) is 4.78. The second-order valence-electron chi connectivity index (χ2n) is 4.42. The standard InChI is InChI=1S/C10H17N3S/c1-7-4-3-5-8(6-7)9-11-10(14)13(2)12-9/h7-8H,3-6H2,1-2H3,(H,11,12,14). The van der Waals surface area contributed by atoms with Crippen LogP contribution in [0, 0.1) is 10.7 Å². The van der Waals surface area contributed by atoms with Gasteiger partial charge in [0.25, 0.3) is 0 Å². The molecule has 1 fully saturated rings. The first-order valence-corrected chi connectivity index (χ1v) is 5.70. The Kier molecular flexibility index (Phi) is 2.72. The Balaban J connectivity index is 2.18. The first-order valence-electron chi connectivity index (χ1n) is 5.29. The van der Waals surface area contributed by atoms with E-state index in [0.29, 0.717) is 10.7 Å². The molecule has 4 heteroatoms. The van der Waals surface area contributed by atoms with Gasteiger partial charge >= 0.3 is 0 Å². The van der Waals surface area contributed by atoms with Crippen molar-refractivity contribution in [3.63, 3.8) is 0 Å². The van der Waals surface area contributed by atoms with E-state index in [1.165, 1.54) is 25.7 Å². The molecule has 78 valence electrons. The fourth-order valence-electron chi connectivity index (χ4n) is 2.29. The predicted octanol–water partition coefficient (Wildman–Crippen LogP) is 2.77. The van der Waals surface area contributed by atoms with Gasteiger partial charge in [0.05, 0.1) is 0 Å². The lowest BCUT2D eigenvalue weighted by molar-refractivity contribution is 0.335. The van der Waals surface area contributed by atoms with Gasteiger partial charge in [-0.1, -0.05) is 19.8 Å². The molecule has 2 unspecified atom stereocenters. The molecule has 3 nitrogen and oxygen atoms in total. The summed E-state index contributed by atoms with van der Waals surface area (Å²) >= 11 is 5.09. The Morgan fingerprint density at radius 3 is 2.86 bits per heavy atom. The van der Waals surface area contributed by atoms with E-state index in [2.05, 4.69) is 17.0 Å². The largest absolute Gasteiger partial charge is 0.283 e. The normalized spacial score (nSPS) is 27.9. The van der Waals surface area contributed by atoms with Gasteiger partial charge in [0.2, 0.25) is 4.77 Å². The van der Waals surface area contributed by atoms with Crippen LogP contribution in [0.25, 0.3) is 0 Å². The van der Waals surface area contributed by atoms with Crippen LogP contribution in [-0.4, -0.2) is 14.8 Å². The van der Waals surface area contributed by atoms with Crippen LogP contribution in [0.5, 0.6) is 0 Å². The molecule has 1 aliphatic carbocycles. The zero-order valence-electron chi connectivity index (χ0n) is 8.79. The van der Waals surface area contributed by atoms with Crippen LogP contribution >= 0.6 is 12.2 Å². The van der Waals surface area contributed by atoms with E-state index in [1.807, 2.05) is 11.7 Å². The van der Waals surface area contributed by atoms with Crippen molar-refractivity contribution >= 4 is 12.2 Å². The lowest BCUT2D eigenvalue weighted by Crippen LogP contribution is -2.13. The molecule has 0 radical (unpaired) electrons. The summed E-state index contributed by atoms with van der Waals surface area (Å²) in [6, 6.07) is 0. The maximum absolute atomic E-state index is 5.09. The third kappa shape index (κ3) is 1.90. The SMILES string of the molecule is CC1CCCC(c2nc(=S)n(C)[nH]2)C1. The van der Waals surface area contributed by atoms with Crippen LogP contribution in [0.15, 0.2) is 0 Å². The minimum absolute atomic E-state index is 0.599. The number of aromatic nitrogens is 3. The third-order valence-electron chi connectivity index (χ3n) is 3.11. The minimum atomic E-state index is 0.599. The molecule has 1 saturated carbocycles. The Hall–Kier alpha value is -0.640. The van der Waals surface area contributed by atoms with Crippen LogP contribution < -0.4 is 0 Å². The van der Waals surface area contributed by atoms with Gasteiger partial charge in [-0.2, -0.15) is 0 Å². The molecule has 0 spiro atoms. The predicted molar refractivity (Wildman–Crippen MR) is 58.8 cm³/mol. The molecule has 1 aliphatic rings. The summed E-state index contributed by atoms with van der Waals surface area (Å²) < 4.78 is 2.49. The smallest absolute Gasteiger partial charge is 0.215 e. The van der Waals surface area contributed by atoms with Crippen molar-refractivity contribution < 1.29 is 0 Å². The van der Waals surface area contributed by atoms with E-state index in [-0.39, 0.29) is 0 Å². The Labute approximate surface area is 89.5 Å². The summed E-state index contributed by atoms with van der Waals surface area (Å²) in [6.45, 7) is 2.32. The van der Waals surface area contributed by atoms with Gasteiger partial charge in [-0.3, -0.25) is 9.78 Å². The van der Waals surface area contributed by atoms with E-state index < -0.39 is 0 Å². The zero-order valence-corrected chi connectivity index (χ0v) is 9.60. The molecule has 0 aliphatic heterocycles. The average Bonchev–Trinajstić information content (AvgIpc) is 2.47. The molecular formula is C10H17N3S. The summed E-state index contributed by atoms with van der Waals surface area (Å²) in [5.74, 6) is 2.52. The van der Waals surface area contributed by atoms with Gasteiger partial charge in [0.15, 0.2) is 0 Å². The Morgan fingerprint density at radius 2 is 2.29 bits per heavy atom. The van der Waals surface area contributed by atoms with Gasteiger partial charge in [0.1, 0.15) is 5.82 Å². The van der Waals surface area contributed by atoms with Crippen LogP contribution in [0.4, 0.5) is 0 Å². The lowest BCUT2D eigenvalue weighted by atomic mass is 9.82. The average molecular weight is 211 g/mol. The van der Waals surface area contributed by atoms with Crippen LogP contribution in [0.3, 0.4) is 0 Å². The number of aromatic amines is 1. The Bertz CT molecular complexity index is 366. The molecule has 1 aromatic heterocycles. The van der Waals surface area contributed by atoms with Crippen LogP contribution in [0.1, 0.15) is 44.3 Å². The molecule has 0 amide bonds. The van der Waals surface area contributed by atoms with Gasteiger partial charge < -0.3 is 0 Å². The molecule has 1 N–H and O–H groups in total. The highest BCUT2D eigenvalue weighted by Gasteiger charge is 2.22. The highest BCUT2D eigenvalue weighted by molar-refractivity contribution is 7.71. The molecule has 1 heterocycles. The van der Waals surface area contributed by atoms with Crippen molar-refractivity contribution in [3.05, 3.63) is 10.6 Å². The fourth-order valence-corrected chi connectivity index (χ4v) is 2.43. The summed E-state index contributed by atoms with van der Waals surface area (Å²) in [6.07, 6.45) is 5.20. The number of rotatable bonds is 1. The van der Waals surface area contributed by atoms with Gasteiger partial charge in [-0.15, -0.1) is 0 Å². The minimum Gasteiger partial charge on any atom is -0.283 e. The van der Waals surface area contributed by atoms with Crippen molar-refractivity contribution in [1.82, 2.24) is 14.8 Å². The maximum Gasteiger partial charge on any atom is 0.215 e. The van der Waals surface area contributed by atoms with Crippen molar-refractivity contribution in [2.45, 2.75) is 38.5 Å². The Morgan fingerprint density at radius 1 is 1.50 bits per heavy atom. The number of H-pyrrole nitrogens is 1. The molecule has 1 aromatic rings. The summed E-state index contributed by atoms with van der Waals surface area (Å²) in [4.78, 5) is 4.39. The summed E-state index contributed by atoms with van der Waals surface area (Å²) in [7, 11) is 1.92. The first kappa shape index (κ1) is 9.90. The number of hydrogen-bond donors (Lipinski definition) is 1. The molecule has 0 aromatic carbocycles. The zero-order chi connectivity index (χ0) is 10.1. The van der Waals surface area contributed by atoms with Crippen molar-refractivity contribution in [2.75, 3.05) is 0 Å². The molecular weight excluding hydrogens is 194 g/mol. The number of aryl methyl sites for hydroxylation is 1. The van der Waals surface area contributed by atoms with Crippen LogP contribution in [0.2, 0.25) is 0 Å². The highest BCUT2D eigenvalue weighted by atomic mass is 32.1. The van der Waals surface area contributed by atoms with E-state index in [9.17, 15) is 0 Å². The number of nitrogens with one attached hydrogen (secondary N) is 1. The first-order chi connectivity index (χ1) is 6.66. The molecule has 0 bridgehead atoms.